The molecule has 5 N–H and O–H groups in total. The van der Waals surface area contributed by atoms with Gasteiger partial charge >= 0.3 is 0 Å². The van der Waals surface area contributed by atoms with Gasteiger partial charge in [0.1, 0.15) is 10.7 Å². The molecule has 0 saturated heterocycles. The Morgan fingerprint density at radius 1 is 1.35 bits per heavy atom. The van der Waals surface area contributed by atoms with E-state index >= 15 is 0 Å². The van der Waals surface area contributed by atoms with E-state index in [1.807, 2.05) is 0 Å². The number of benzene rings is 1. The van der Waals surface area contributed by atoms with Gasteiger partial charge in [-0.25, -0.2) is 4.39 Å². The SMILES string of the molecule is NCNc1cc(C#Cc2cccc(F)c2)sc1C(N)=O. The molecule has 0 radical (unpaired) electrons. The summed E-state index contributed by atoms with van der Waals surface area (Å²) < 4.78 is 13.0. The maximum atomic E-state index is 13.0. The maximum absolute atomic E-state index is 13.0. The van der Waals surface area contributed by atoms with Crippen LogP contribution in [0.15, 0.2) is 30.3 Å². The molecule has 0 aliphatic heterocycles. The Bertz CT molecular complexity index is 700. The lowest BCUT2D eigenvalue weighted by atomic mass is 10.2. The van der Waals surface area contributed by atoms with Crippen LogP contribution in [-0.2, 0) is 0 Å². The highest BCUT2D eigenvalue weighted by Gasteiger charge is 2.12. The van der Waals surface area contributed by atoms with E-state index in [1.165, 1.54) is 23.5 Å². The number of amides is 1. The number of halogens is 1. The minimum Gasteiger partial charge on any atom is -0.371 e. The second-order valence-electron chi connectivity index (χ2n) is 3.86. The van der Waals surface area contributed by atoms with Crippen molar-refractivity contribution in [3.8, 4) is 11.8 Å². The number of hydrogen-bond donors (Lipinski definition) is 3. The number of primary amides is 1. The first-order chi connectivity index (χ1) is 9.60. The fourth-order valence-electron chi connectivity index (χ4n) is 1.58. The Balaban J connectivity index is 2.31. The van der Waals surface area contributed by atoms with E-state index in [9.17, 15) is 9.18 Å². The third kappa shape index (κ3) is 3.35. The summed E-state index contributed by atoms with van der Waals surface area (Å²) in [6, 6.07) is 7.69. The molecule has 102 valence electrons. The van der Waals surface area contributed by atoms with Crippen LogP contribution >= 0.6 is 11.3 Å². The quantitative estimate of drug-likeness (QED) is 0.594. The normalized spacial score (nSPS) is 9.70. The van der Waals surface area contributed by atoms with E-state index in [-0.39, 0.29) is 12.5 Å². The topological polar surface area (TPSA) is 81.1 Å². The van der Waals surface area contributed by atoms with Gasteiger partial charge in [0, 0.05) is 5.56 Å². The number of thiophene rings is 1. The van der Waals surface area contributed by atoms with Crippen LogP contribution in [0, 0.1) is 17.7 Å². The minimum atomic E-state index is -0.537. The Morgan fingerprint density at radius 3 is 2.80 bits per heavy atom. The van der Waals surface area contributed by atoms with E-state index in [0.29, 0.717) is 21.0 Å². The average Bonchev–Trinajstić information content (AvgIpc) is 2.80. The monoisotopic (exact) mass is 289 g/mol. The van der Waals surface area contributed by atoms with Gasteiger partial charge in [0.05, 0.1) is 17.2 Å². The third-order valence-electron chi connectivity index (χ3n) is 2.40. The number of rotatable bonds is 3. The Morgan fingerprint density at radius 2 is 2.15 bits per heavy atom. The van der Waals surface area contributed by atoms with Crippen LogP contribution in [0.25, 0.3) is 0 Å². The van der Waals surface area contributed by atoms with Gasteiger partial charge in [0.2, 0.25) is 0 Å². The molecule has 0 atom stereocenters. The van der Waals surface area contributed by atoms with Gasteiger partial charge < -0.3 is 16.8 Å². The van der Waals surface area contributed by atoms with Crippen molar-refractivity contribution in [2.75, 3.05) is 12.0 Å². The largest absolute Gasteiger partial charge is 0.371 e. The highest BCUT2D eigenvalue weighted by atomic mass is 32.1. The molecule has 1 aromatic carbocycles. The first-order valence-corrected chi connectivity index (χ1v) is 6.57. The Labute approximate surface area is 119 Å². The number of carbonyl (C=O) groups is 1. The van der Waals surface area contributed by atoms with Gasteiger partial charge in [0.15, 0.2) is 0 Å². The van der Waals surface area contributed by atoms with Gasteiger partial charge in [-0.2, -0.15) is 0 Å². The lowest BCUT2D eigenvalue weighted by Crippen LogP contribution is -2.15. The second-order valence-corrected chi connectivity index (χ2v) is 4.91. The standard InChI is InChI=1S/C14H12FN3OS/c15-10-3-1-2-9(6-10)4-5-11-7-12(18-8-16)13(20-11)14(17)19/h1-3,6-7,18H,8,16H2,(H2,17,19). The number of carbonyl (C=O) groups excluding carboxylic acids is 1. The molecule has 1 heterocycles. The lowest BCUT2D eigenvalue weighted by Gasteiger charge is -1.99. The zero-order valence-corrected chi connectivity index (χ0v) is 11.3. The summed E-state index contributed by atoms with van der Waals surface area (Å²) in [7, 11) is 0. The first-order valence-electron chi connectivity index (χ1n) is 5.75. The molecule has 1 aromatic heterocycles. The van der Waals surface area contributed by atoms with Crippen LogP contribution in [0.1, 0.15) is 20.1 Å². The van der Waals surface area contributed by atoms with Crippen molar-refractivity contribution < 1.29 is 9.18 Å². The van der Waals surface area contributed by atoms with Crippen molar-refractivity contribution in [2.45, 2.75) is 0 Å². The molecule has 0 unspecified atom stereocenters. The van der Waals surface area contributed by atoms with Crippen LogP contribution in [0.5, 0.6) is 0 Å². The predicted molar refractivity (Wildman–Crippen MR) is 77.9 cm³/mol. The number of hydrogen-bond acceptors (Lipinski definition) is 4. The van der Waals surface area contributed by atoms with E-state index in [1.54, 1.807) is 18.2 Å². The molecule has 6 heteroatoms. The fourth-order valence-corrected chi connectivity index (χ4v) is 2.42. The Kier molecular flexibility index (Phi) is 4.35. The summed E-state index contributed by atoms with van der Waals surface area (Å²) in [5.74, 6) is 4.83. The van der Waals surface area contributed by atoms with Crippen molar-refractivity contribution in [2.24, 2.45) is 11.5 Å². The zero-order chi connectivity index (χ0) is 14.5. The predicted octanol–water partition coefficient (Wildman–Crippen LogP) is 1.71. The molecule has 0 bridgehead atoms. The van der Waals surface area contributed by atoms with E-state index in [0.717, 1.165) is 0 Å². The van der Waals surface area contributed by atoms with Crippen molar-refractivity contribution in [3.63, 3.8) is 0 Å². The zero-order valence-electron chi connectivity index (χ0n) is 10.4. The summed E-state index contributed by atoms with van der Waals surface area (Å²) in [5, 5.41) is 2.84. The summed E-state index contributed by atoms with van der Waals surface area (Å²) >= 11 is 1.17. The van der Waals surface area contributed by atoms with Crippen LogP contribution in [0.3, 0.4) is 0 Å². The van der Waals surface area contributed by atoms with Crippen molar-refractivity contribution >= 4 is 22.9 Å². The molecule has 2 rings (SSSR count). The molecular weight excluding hydrogens is 277 g/mol. The highest BCUT2D eigenvalue weighted by Crippen LogP contribution is 2.26. The minimum absolute atomic E-state index is 0.188. The summed E-state index contributed by atoms with van der Waals surface area (Å²) in [4.78, 5) is 12.3. The molecule has 0 aliphatic carbocycles. The van der Waals surface area contributed by atoms with E-state index in [2.05, 4.69) is 17.2 Å². The van der Waals surface area contributed by atoms with Crippen LogP contribution in [0.4, 0.5) is 10.1 Å². The molecule has 0 fully saturated rings. The molecular formula is C14H12FN3OS. The van der Waals surface area contributed by atoms with E-state index in [4.69, 9.17) is 11.5 Å². The first kappa shape index (κ1) is 14.1. The molecule has 0 spiro atoms. The molecule has 1 amide bonds. The van der Waals surface area contributed by atoms with Crippen molar-refractivity contribution in [3.05, 3.63) is 51.5 Å². The fraction of sp³-hybridized carbons (Fsp3) is 0.0714. The van der Waals surface area contributed by atoms with Crippen molar-refractivity contribution in [1.29, 1.82) is 0 Å². The summed E-state index contributed by atoms with van der Waals surface area (Å²) in [5.41, 5.74) is 11.8. The smallest absolute Gasteiger partial charge is 0.260 e. The maximum Gasteiger partial charge on any atom is 0.260 e. The van der Waals surface area contributed by atoms with E-state index < -0.39 is 5.91 Å². The molecule has 0 saturated carbocycles. The summed E-state index contributed by atoms with van der Waals surface area (Å²) in [6.07, 6.45) is 0. The average molecular weight is 289 g/mol. The van der Waals surface area contributed by atoms with Crippen LogP contribution in [-0.4, -0.2) is 12.6 Å². The number of anilines is 1. The molecule has 20 heavy (non-hydrogen) atoms. The molecule has 0 aliphatic rings. The van der Waals surface area contributed by atoms with Gasteiger partial charge in [0.25, 0.3) is 5.91 Å². The van der Waals surface area contributed by atoms with Crippen LogP contribution < -0.4 is 16.8 Å². The van der Waals surface area contributed by atoms with Gasteiger partial charge in [-0.15, -0.1) is 11.3 Å². The number of nitrogens with one attached hydrogen (secondary N) is 1. The Hall–Kier alpha value is -2.36. The molecule has 4 nitrogen and oxygen atoms in total. The summed E-state index contributed by atoms with van der Waals surface area (Å²) in [6.45, 7) is 0.188. The second kappa shape index (κ2) is 6.19. The van der Waals surface area contributed by atoms with Crippen molar-refractivity contribution in [1.82, 2.24) is 0 Å². The molecule has 2 aromatic rings. The van der Waals surface area contributed by atoms with Gasteiger partial charge in [-0.1, -0.05) is 17.9 Å². The third-order valence-corrected chi connectivity index (χ3v) is 3.47. The van der Waals surface area contributed by atoms with Crippen LogP contribution in [0.2, 0.25) is 0 Å². The lowest BCUT2D eigenvalue weighted by molar-refractivity contribution is 0.100. The van der Waals surface area contributed by atoms with Gasteiger partial charge in [-0.3, -0.25) is 4.79 Å². The highest BCUT2D eigenvalue weighted by molar-refractivity contribution is 7.15. The number of nitrogens with two attached hydrogens (primary N) is 2. The van der Waals surface area contributed by atoms with Gasteiger partial charge in [-0.05, 0) is 24.3 Å².